The molecule has 0 saturated carbocycles. The number of carbonyl (C=O) groups excluding carboxylic acids is 2. The van der Waals surface area contributed by atoms with E-state index in [-0.39, 0.29) is 11.7 Å². The Kier molecular flexibility index (Phi) is 7.07. The Morgan fingerprint density at radius 2 is 1.80 bits per heavy atom. The second-order valence-corrected chi connectivity index (χ2v) is 6.92. The standard InChI is InChI=1S/C20H23NO3S/c1-14-9-10-18(11-15(14)2)25-13-19(22)24-16(3)20(23)21-12-17-7-5-4-6-8-17/h4-11,16H,12-13H2,1-3H3,(H,21,23)/t16-/m0/s1. The minimum absolute atomic E-state index is 0.179. The molecule has 0 radical (unpaired) electrons. The highest BCUT2D eigenvalue weighted by Crippen LogP contribution is 2.21. The number of amides is 1. The Morgan fingerprint density at radius 3 is 2.48 bits per heavy atom. The first-order chi connectivity index (χ1) is 12.0. The summed E-state index contributed by atoms with van der Waals surface area (Å²) in [6.45, 7) is 6.09. The zero-order valence-corrected chi connectivity index (χ0v) is 15.6. The van der Waals surface area contributed by atoms with E-state index < -0.39 is 12.1 Å². The fraction of sp³-hybridized carbons (Fsp3) is 0.300. The molecular formula is C20H23NO3S. The van der Waals surface area contributed by atoms with Gasteiger partial charge in [0.1, 0.15) is 0 Å². The number of hydrogen-bond donors (Lipinski definition) is 1. The predicted molar refractivity (Wildman–Crippen MR) is 100 cm³/mol. The van der Waals surface area contributed by atoms with Crippen LogP contribution in [0.1, 0.15) is 23.6 Å². The molecule has 0 aromatic heterocycles. The van der Waals surface area contributed by atoms with Gasteiger partial charge < -0.3 is 10.1 Å². The maximum Gasteiger partial charge on any atom is 0.317 e. The lowest BCUT2D eigenvalue weighted by Crippen LogP contribution is -2.35. The van der Waals surface area contributed by atoms with E-state index in [2.05, 4.69) is 5.32 Å². The van der Waals surface area contributed by atoms with Crippen molar-refractivity contribution in [2.75, 3.05) is 5.75 Å². The molecule has 5 heteroatoms. The van der Waals surface area contributed by atoms with Crippen molar-refractivity contribution in [3.8, 4) is 0 Å². The molecule has 0 bridgehead atoms. The minimum Gasteiger partial charge on any atom is -0.452 e. The minimum atomic E-state index is -0.809. The maximum absolute atomic E-state index is 12.0. The smallest absolute Gasteiger partial charge is 0.317 e. The number of rotatable bonds is 7. The third-order valence-corrected chi connectivity index (χ3v) is 4.79. The Balaban J connectivity index is 1.75. The lowest BCUT2D eigenvalue weighted by atomic mass is 10.1. The second-order valence-electron chi connectivity index (χ2n) is 5.87. The number of ether oxygens (including phenoxy) is 1. The SMILES string of the molecule is Cc1ccc(SCC(=O)O[C@@H](C)C(=O)NCc2ccccc2)cc1C. The highest BCUT2D eigenvalue weighted by atomic mass is 32.2. The van der Waals surface area contributed by atoms with Gasteiger partial charge in [0, 0.05) is 11.4 Å². The Labute approximate surface area is 153 Å². The molecule has 0 aliphatic carbocycles. The van der Waals surface area contributed by atoms with Crippen molar-refractivity contribution in [2.45, 2.75) is 38.3 Å². The van der Waals surface area contributed by atoms with Crippen LogP contribution in [-0.2, 0) is 20.9 Å². The van der Waals surface area contributed by atoms with Crippen LogP contribution in [0.15, 0.2) is 53.4 Å². The van der Waals surface area contributed by atoms with Crippen molar-refractivity contribution in [1.82, 2.24) is 5.32 Å². The number of benzene rings is 2. The van der Waals surface area contributed by atoms with E-state index in [1.807, 2.05) is 62.4 Å². The fourth-order valence-electron chi connectivity index (χ4n) is 2.16. The van der Waals surface area contributed by atoms with E-state index in [0.29, 0.717) is 6.54 Å². The first-order valence-corrected chi connectivity index (χ1v) is 9.15. The van der Waals surface area contributed by atoms with Gasteiger partial charge in [-0.05, 0) is 49.6 Å². The van der Waals surface area contributed by atoms with Gasteiger partial charge >= 0.3 is 5.97 Å². The zero-order chi connectivity index (χ0) is 18.2. The largest absolute Gasteiger partial charge is 0.452 e. The van der Waals surface area contributed by atoms with E-state index in [1.54, 1.807) is 6.92 Å². The predicted octanol–water partition coefficient (Wildman–Crippen LogP) is 3.64. The summed E-state index contributed by atoms with van der Waals surface area (Å²) in [7, 11) is 0. The van der Waals surface area contributed by atoms with E-state index in [0.717, 1.165) is 10.5 Å². The topological polar surface area (TPSA) is 55.4 Å². The number of thioether (sulfide) groups is 1. The van der Waals surface area contributed by atoms with Gasteiger partial charge in [0.2, 0.25) is 0 Å². The van der Waals surface area contributed by atoms with Crippen LogP contribution in [0.3, 0.4) is 0 Å². The molecule has 4 nitrogen and oxygen atoms in total. The summed E-state index contributed by atoms with van der Waals surface area (Å²) >= 11 is 1.41. The van der Waals surface area contributed by atoms with Gasteiger partial charge in [-0.3, -0.25) is 9.59 Å². The molecule has 2 aromatic rings. The second kappa shape index (κ2) is 9.28. The fourth-order valence-corrected chi connectivity index (χ4v) is 2.94. The lowest BCUT2D eigenvalue weighted by molar-refractivity contribution is -0.152. The van der Waals surface area contributed by atoms with Crippen LogP contribution < -0.4 is 5.32 Å². The molecule has 132 valence electrons. The monoisotopic (exact) mass is 357 g/mol. The molecule has 1 N–H and O–H groups in total. The first-order valence-electron chi connectivity index (χ1n) is 8.17. The Bertz CT molecular complexity index is 731. The van der Waals surface area contributed by atoms with E-state index in [9.17, 15) is 9.59 Å². The molecule has 2 rings (SSSR count). The van der Waals surface area contributed by atoms with Crippen molar-refractivity contribution >= 4 is 23.6 Å². The number of aryl methyl sites for hydroxylation is 2. The Morgan fingerprint density at radius 1 is 1.08 bits per heavy atom. The van der Waals surface area contributed by atoms with Gasteiger partial charge in [-0.15, -0.1) is 11.8 Å². The van der Waals surface area contributed by atoms with Crippen molar-refractivity contribution < 1.29 is 14.3 Å². The molecule has 1 atom stereocenters. The van der Waals surface area contributed by atoms with Gasteiger partial charge in [0.15, 0.2) is 6.10 Å². The number of esters is 1. The molecular weight excluding hydrogens is 334 g/mol. The quantitative estimate of drug-likeness (QED) is 0.607. The first kappa shape index (κ1) is 19.1. The molecule has 2 aromatic carbocycles. The summed E-state index contributed by atoms with van der Waals surface area (Å²) in [6, 6.07) is 15.7. The molecule has 1 amide bonds. The van der Waals surface area contributed by atoms with E-state index in [1.165, 1.54) is 22.9 Å². The summed E-state index contributed by atoms with van der Waals surface area (Å²) < 4.78 is 5.20. The summed E-state index contributed by atoms with van der Waals surface area (Å²) in [4.78, 5) is 25.0. The van der Waals surface area contributed by atoms with Gasteiger partial charge in [-0.2, -0.15) is 0 Å². The summed E-state index contributed by atoms with van der Waals surface area (Å²) in [5, 5.41) is 2.77. The van der Waals surface area contributed by atoms with Crippen molar-refractivity contribution in [1.29, 1.82) is 0 Å². The van der Waals surface area contributed by atoms with Crippen LogP contribution in [0.5, 0.6) is 0 Å². The molecule has 0 saturated heterocycles. The summed E-state index contributed by atoms with van der Waals surface area (Å²) in [6.07, 6.45) is -0.809. The van der Waals surface area contributed by atoms with Crippen LogP contribution in [0.4, 0.5) is 0 Å². The van der Waals surface area contributed by atoms with Crippen molar-refractivity contribution in [3.63, 3.8) is 0 Å². The van der Waals surface area contributed by atoms with Gasteiger partial charge in [0.05, 0.1) is 5.75 Å². The highest BCUT2D eigenvalue weighted by molar-refractivity contribution is 8.00. The third-order valence-electron chi connectivity index (χ3n) is 3.82. The molecule has 0 fully saturated rings. The normalized spacial score (nSPS) is 11.6. The zero-order valence-electron chi connectivity index (χ0n) is 14.7. The van der Waals surface area contributed by atoms with Crippen LogP contribution in [0.25, 0.3) is 0 Å². The van der Waals surface area contributed by atoms with E-state index >= 15 is 0 Å². The van der Waals surface area contributed by atoms with Crippen LogP contribution in [-0.4, -0.2) is 23.7 Å². The maximum atomic E-state index is 12.0. The number of carbonyl (C=O) groups is 2. The van der Waals surface area contributed by atoms with Crippen LogP contribution in [0, 0.1) is 13.8 Å². The molecule has 0 heterocycles. The van der Waals surface area contributed by atoms with Gasteiger partial charge in [0.25, 0.3) is 5.91 Å². The highest BCUT2D eigenvalue weighted by Gasteiger charge is 2.17. The average Bonchev–Trinajstić information content (AvgIpc) is 2.61. The van der Waals surface area contributed by atoms with Gasteiger partial charge in [-0.25, -0.2) is 0 Å². The van der Waals surface area contributed by atoms with Gasteiger partial charge in [-0.1, -0.05) is 36.4 Å². The van der Waals surface area contributed by atoms with Crippen LogP contribution >= 0.6 is 11.8 Å². The number of nitrogens with one attached hydrogen (secondary N) is 1. The summed E-state index contributed by atoms with van der Waals surface area (Å²) in [5.41, 5.74) is 3.40. The third kappa shape index (κ3) is 6.27. The lowest BCUT2D eigenvalue weighted by Gasteiger charge is -2.13. The molecule has 25 heavy (non-hydrogen) atoms. The average molecular weight is 357 g/mol. The molecule has 0 aliphatic rings. The number of hydrogen-bond acceptors (Lipinski definition) is 4. The van der Waals surface area contributed by atoms with Crippen molar-refractivity contribution in [2.24, 2.45) is 0 Å². The molecule has 0 aliphatic heterocycles. The van der Waals surface area contributed by atoms with Crippen LogP contribution in [0.2, 0.25) is 0 Å². The summed E-state index contributed by atoms with van der Waals surface area (Å²) in [5.74, 6) is -0.516. The molecule has 0 spiro atoms. The molecule has 0 unspecified atom stereocenters. The Hall–Kier alpha value is -2.27. The van der Waals surface area contributed by atoms with Crippen molar-refractivity contribution in [3.05, 3.63) is 65.2 Å². The van der Waals surface area contributed by atoms with E-state index in [4.69, 9.17) is 4.74 Å².